The van der Waals surface area contributed by atoms with Gasteiger partial charge in [-0.25, -0.2) is 4.79 Å². The van der Waals surface area contributed by atoms with E-state index in [0.717, 1.165) is 0 Å². The summed E-state index contributed by atoms with van der Waals surface area (Å²) in [6.07, 6.45) is 0.406. The third-order valence-electron chi connectivity index (χ3n) is 4.65. The van der Waals surface area contributed by atoms with Crippen LogP contribution >= 0.6 is 11.6 Å². The number of carbonyl (C=O) groups excluding carboxylic acids is 2. The molecule has 0 radical (unpaired) electrons. The van der Waals surface area contributed by atoms with Gasteiger partial charge in [0.05, 0.1) is 13.2 Å². The first-order valence-electron chi connectivity index (χ1n) is 8.35. The van der Waals surface area contributed by atoms with Gasteiger partial charge in [-0.1, -0.05) is 29.8 Å². The molecule has 1 spiro atoms. The van der Waals surface area contributed by atoms with E-state index in [0.29, 0.717) is 35.1 Å². The Hall–Kier alpha value is -2.73. The topological polar surface area (TPSA) is 67.9 Å². The Labute approximate surface area is 155 Å². The van der Waals surface area contributed by atoms with Gasteiger partial charge in [0.25, 0.3) is 5.91 Å². The fourth-order valence-electron chi connectivity index (χ4n) is 3.36. The van der Waals surface area contributed by atoms with Gasteiger partial charge >= 0.3 is 6.03 Å². The maximum atomic E-state index is 13.1. The lowest BCUT2D eigenvalue weighted by molar-refractivity contribution is -0.132. The molecule has 26 heavy (non-hydrogen) atoms. The molecule has 2 aliphatic rings. The van der Waals surface area contributed by atoms with Gasteiger partial charge in [-0.2, -0.15) is 0 Å². The first kappa shape index (κ1) is 16.7. The van der Waals surface area contributed by atoms with Crippen LogP contribution in [0.5, 0.6) is 11.5 Å². The summed E-state index contributed by atoms with van der Waals surface area (Å²) >= 11 is 5.84. The van der Waals surface area contributed by atoms with Gasteiger partial charge in [-0.15, -0.1) is 0 Å². The van der Waals surface area contributed by atoms with Crippen molar-refractivity contribution in [3.05, 3.63) is 59.1 Å². The number of nitrogens with one attached hydrogen (secondary N) is 1. The molecule has 0 unspecified atom stereocenters. The molecule has 1 saturated heterocycles. The van der Waals surface area contributed by atoms with Crippen LogP contribution in [0.25, 0.3) is 0 Å². The number of hydrogen-bond acceptors (Lipinski definition) is 4. The van der Waals surface area contributed by atoms with E-state index in [1.165, 1.54) is 4.90 Å². The molecular weight excluding hydrogens is 356 g/mol. The Morgan fingerprint density at radius 3 is 2.73 bits per heavy atom. The van der Waals surface area contributed by atoms with E-state index < -0.39 is 11.6 Å². The first-order valence-corrected chi connectivity index (χ1v) is 8.73. The van der Waals surface area contributed by atoms with Crippen molar-refractivity contribution < 1.29 is 19.1 Å². The molecule has 4 rings (SSSR count). The van der Waals surface area contributed by atoms with Gasteiger partial charge in [0.2, 0.25) is 0 Å². The second-order valence-electron chi connectivity index (χ2n) is 6.19. The van der Waals surface area contributed by atoms with Crippen LogP contribution in [0.1, 0.15) is 12.0 Å². The summed E-state index contributed by atoms with van der Waals surface area (Å²) in [5.74, 6) is 0.997. The molecule has 1 atom stereocenters. The number of rotatable bonds is 4. The second kappa shape index (κ2) is 6.53. The molecule has 134 valence electrons. The van der Waals surface area contributed by atoms with Crippen molar-refractivity contribution in [2.75, 3.05) is 19.8 Å². The summed E-state index contributed by atoms with van der Waals surface area (Å²) in [5.41, 5.74) is -0.350. The third kappa shape index (κ3) is 2.76. The molecule has 0 bridgehead atoms. The number of halogens is 1. The van der Waals surface area contributed by atoms with Crippen molar-refractivity contribution in [1.29, 1.82) is 0 Å². The predicted octanol–water partition coefficient (Wildman–Crippen LogP) is 2.95. The number of carbonyl (C=O) groups is 2. The predicted molar refractivity (Wildman–Crippen MR) is 95.4 cm³/mol. The Morgan fingerprint density at radius 2 is 1.92 bits per heavy atom. The standard InChI is InChI=1S/C19H17ClN2O4/c20-13-5-7-14(8-6-13)25-12-10-22-17(23)19(21-18(22)24)9-11-26-16-4-2-1-3-15(16)19/h1-8H,9-12H2,(H,21,24)/t19-/m1/s1. The van der Waals surface area contributed by atoms with Crippen molar-refractivity contribution >= 4 is 23.5 Å². The quantitative estimate of drug-likeness (QED) is 0.838. The molecule has 0 aromatic heterocycles. The van der Waals surface area contributed by atoms with Crippen LogP contribution in [-0.4, -0.2) is 36.6 Å². The van der Waals surface area contributed by atoms with E-state index >= 15 is 0 Å². The monoisotopic (exact) mass is 372 g/mol. The fraction of sp³-hybridized carbons (Fsp3) is 0.263. The first-order chi connectivity index (χ1) is 12.6. The maximum absolute atomic E-state index is 13.1. The molecule has 2 aromatic carbocycles. The molecule has 6 nitrogen and oxygen atoms in total. The summed E-state index contributed by atoms with van der Waals surface area (Å²) in [4.78, 5) is 26.7. The number of nitrogens with zero attached hydrogens (tertiary/aromatic N) is 1. The van der Waals surface area contributed by atoms with E-state index in [4.69, 9.17) is 21.1 Å². The molecule has 1 fully saturated rings. The highest BCUT2D eigenvalue weighted by Crippen LogP contribution is 2.40. The van der Waals surface area contributed by atoms with E-state index in [-0.39, 0.29) is 19.1 Å². The van der Waals surface area contributed by atoms with Crippen molar-refractivity contribution in [1.82, 2.24) is 10.2 Å². The lowest BCUT2D eigenvalue weighted by Gasteiger charge is -2.33. The minimum Gasteiger partial charge on any atom is -0.493 e. The summed E-state index contributed by atoms with van der Waals surface area (Å²) in [6.45, 7) is 0.741. The number of ether oxygens (including phenoxy) is 2. The zero-order valence-corrected chi connectivity index (χ0v) is 14.7. The molecule has 7 heteroatoms. The van der Waals surface area contributed by atoms with Crippen LogP contribution < -0.4 is 14.8 Å². The zero-order valence-electron chi connectivity index (χ0n) is 13.9. The molecule has 2 heterocycles. The molecule has 1 N–H and O–H groups in total. The van der Waals surface area contributed by atoms with Crippen molar-refractivity contribution in [2.45, 2.75) is 12.0 Å². The minimum atomic E-state index is -1.05. The van der Waals surface area contributed by atoms with Crippen LogP contribution in [0.3, 0.4) is 0 Å². The summed E-state index contributed by atoms with van der Waals surface area (Å²) in [6, 6.07) is 13.8. The van der Waals surface area contributed by atoms with Crippen molar-refractivity contribution in [2.24, 2.45) is 0 Å². The van der Waals surface area contributed by atoms with E-state index in [9.17, 15) is 9.59 Å². The van der Waals surface area contributed by atoms with Crippen LogP contribution in [0.15, 0.2) is 48.5 Å². The second-order valence-corrected chi connectivity index (χ2v) is 6.63. The Kier molecular flexibility index (Phi) is 4.20. The average molecular weight is 373 g/mol. The normalized spacial score (nSPS) is 21.3. The number of para-hydroxylation sites is 1. The van der Waals surface area contributed by atoms with E-state index in [1.54, 1.807) is 24.3 Å². The highest BCUT2D eigenvalue weighted by Gasteiger charge is 2.54. The van der Waals surface area contributed by atoms with Gasteiger partial charge in [0.1, 0.15) is 18.1 Å². The lowest BCUT2D eigenvalue weighted by Crippen LogP contribution is -2.47. The maximum Gasteiger partial charge on any atom is 0.325 e. The van der Waals surface area contributed by atoms with Gasteiger partial charge < -0.3 is 14.8 Å². The smallest absolute Gasteiger partial charge is 0.325 e. The number of imide groups is 1. The highest BCUT2D eigenvalue weighted by atomic mass is 35.5. The van der Waals surface area contributed by atoms with Crippen LogP contribution in [0.2, 0.25) is 5.02 Å². The summed E-state index contributed by atoms with van der Waals surface area (Å²) in [5, 5.41) is 3.48. The molecule has 3 amide bonds. The molecule has 2 aromatic rings. The van der Waals surface area contributed by atoms with Crippen molar-refractivity contribution in [3.8, 4) is 11.5 Å². The Bertz CT molecular complexity index is 855. The van der Waals surface area contributed by atoms with Crippen LogP contribution in [0, 0.1) is 0 Å². The van der Waals surface area contributed by atoms with Crippen molar-refractivity contribution in [3.63, 3.8) is 0 Å². The minimum absolute atomic E-state index is 0.165. The molecule has 0 aliphatic carbocycles. The van der Waals surface area contributed by atoms with Crippen LogP contribution in [0.4, 0.5) is 4.79 Å². The van der Waals surface area contributed by atoms with Crippen LogP contribution in [-0.2, 0) is 10.3 Å². The summed E-state index contributed by atoms with van der Waals surface area (Å²) in [7, 11) is 0. The Balaban J connectivity index is 1.49. The number of fused-ring (bicyclic) bond motifs is 2. The Morgan fingerprint density at radius 1 is 1.15 bits per heavy atom. The third-order valence-corrected chi connectivity index (χ3v) is 4.91. The number of amides is 3. The van der Waals surface area contributed by atoms with Gasteiger partial charge in [0, 0.05) is 17.0 Å². The number of hydrogen-bond donors (Lipinski definition) is 1. The summed E-state index contributed by atoms with van der Waals surface area (Å²) < 4.78 is 11.2. The van der Waals surface area contributed by atoms with Gasteiger partial charge in [-0.3, -0.25) is 9.69 Å². The van der Waals surface area contributed by atoms with Gasteiger partial charge in [0.15, 0.2) is 5.54 Å². The lowest BCUT2D eigenvalue weighted by atomic mass is 9.84. The molecule has 0 saturated carbocycles. The largest absolute Gasteiger partial charge is 0.493 e. The highest BCUT2D eigenvalue weighted by molar-refractivity contribution is 6.30. The van der Waals surface area contributed by atoms with Gasteiger partial charge in [-0.05, 0) is 30.3 Å². The molecular formula is C19H17ClN2O4. The molecule has 2 aliphatic heterocycles. The average Bonchev–Trinajstić information content (AvgIpc) is 2.88. The van der Waals surface area contributed by atoms with E-state index in [1.807, 2.05) is 24.3 Å². The fourth-order valence-corrected chi connectivity index (χ4v) is 3.49. The number of urea groups is 1. The zero-order chi connectivity index (χ0) is 18.1. The SMILES string of the molecule is O=C1N[C@@]2(CCOc3ccccc32)C(=O)N1CCOc1ccc(Cl)cc1. The number of benzene rings is 2. The van der Waals surface area contributed by atoms with E-state index in [2.05, 4.69) is 5.32 Å².